The Balaban J connectivity index is 1.95. The predicted octanol–water partition coefficient (Wildman–Crippen LogP) is 3.52. The number of benzene rings is 1. The lowest BCUT2D eigenvalue weighted by Crippen LogP contribution is -2.43. The first-order valence-electron chi connectivity index (χ1n) is 8.40. The summed E-state index contributed by atoms with van der Waals surface area (Å²) in [6, 6.07) is 8.50. The van der Waals surface area contributed by atoms with Crippen LogP contribution in [-0.2, 0) is 5.92 Å². The van der Waals surface area contributed by atoms with Crippen molar-refractivity contribution in [2.75, 3.05) is 31.1 Å². The van der Waals surface area contributed by atoms with Crippen molar-refractivity contribution >= 4 is 5.82 Å². The molecule has 0 atom stereocenters. The number of aromatic nitrogens is 2. The van der Waals surface area contributed by atoms with E-state index in [1.165, 1.54) is 12.1 Å². The van der Waals surface area contributed by atoms with Gasteiger partial charge in [-0.15, -0.1) is 0 Å². The highest BCUT2D eigenvalue weighted by Crippen LogP contribution is 2.29. The molecule has 1 aliphatic heterocycles. The van der Waals surface area contributed by atoms with Crippen molar-refractivity contribution in [3.05, 3.63) is 41.6 Å². The van der Waals surface area contributed by atoms with Crippen molar-refractivity contribution in [2.45, 2.75) is 32.6 Å². The molecule has 0 amide bonds. The third-order valence-corrected chi connectivity index (χ3v) is 4.38. The van der Waals surface area contributed by atoms with Crippen LogP contribution < -0.4 is 10.2 Å². The van der Waals surface area contributed by atoms with Gasteiger partial charge in [0.25, 0.3) is 5.92 Å². The third kappa shape index (κ3) is 3.43. The van der Waals surface area contributed by atoms with Gasteiger partial charge in [0.1, 0.15) is 0 Å². The molecule has 0 saturated carbocycles. The van der Waals surface area contributed by atoms with Crippen LogP contribution in [-0.4, -0.2) is 36.0 Å². The lowest BCUT2D eigenvalue weighted by atomic mass is 10.1. The Bertz CT molecular complexity index is 680. The molecular formula is C18H24F2N4. The van der Waals surface area contributed by atoms with Gasteiger partial charge in [-0.3, -0.25) is 0 Å². The summed E-state index contributed by atoms with van der Waals surface area (Å²) in [5.41, 5.74) is 1.92. The molecule has 1 saturated heterocycles. The molecule has 6 heteroatoms. The van der Waals surface area contributed by atoms with Gasteiger partial charge in [0, 0.05) is 50.4 Å². The SMILES string of the molecule is CC(C)c1cc(N2CCNCC2)nn1-c1ccc(C(C)(F)F)cc1. The summed E-state index contributed by atoms with van der Waals surface area (Å²) in [7, 11) is 0. The lowest BCUT2D eigenvalue weighted by molar-refractivity contribution is 0.0175. The van der Waals surface area contributed by atoms with E-state index in [-0.39, 0.29) is 5.56 Å². The standard InChI is InChI=1S/C18H24F2N4/c1-13(2)16-12-17(23-10-8-21-9-11-23)22-24(16)15-6-4-14(5-7-15)18(3,19)20/h4-7,12-13,21H,8-11H2,1-3H3. The van der Waals surface area contributed by atoms with Gasteiger partial charge in [-0.1, -0.05) is 26.0 Å². The number of hydrogen-bond acceptors (Lipinski definition) is 3. The normalized spacial score (nSPS) is 16.0. The number of nitrogens with one attached hydrogen (secondary N) is 1. The molecule has 1 aliphatic rings. The fourth-order valence-corrected chi connectivity index (χ4v) is 2.94. The number of rotatable bonds is 4. The molecule has 130 valence electrons. The Morgan fingerprint density at radius 3 is 2.29 bits per heavy atom. The molecule has 1 aromatic heterocycles. The molecule has 2 aromatic rings. The van der Waals surface area contributed by atoms with Crippen molar-refractivity contribution in [3.63, 3.8) is 0 Å². The van der Waals surface area contributed by atoms with Crippen molar-refractivity contribution in [1.82, 2.24) is 15.1 Å². The Labute approximate surface area is 141 Å². The van der Waals surface area contributed by atoms with Crippen LogP contribution in [0.2, 0.25) is 0 Å². The smallest absolute Gasteiger partial charge is 0.270 e. The Kier molecular flexibility index (Phi) is 4.58. The van der Waals surface area contributed by atoms with Gasteiger partial charge in [-0.25, -0.2) is 13.5 Å². The van der Waals surface area contributed by atoms with E-state index in [1.54, 1.807) is 12.1 Å². The second-order valence-electron chi connectivity index (χ2n) is 6.67. The fraction of sp³-hybridized carbons (Fsp3) is 0.500. The summed E-state index contributed by atoms with van der Waals surface area (Å²) >= 11 is 0. The first-order valence-corrected chi connectivity index (χ1v) is 8.40. The van der Waals surface area contributed by atoms with E-state index in [9.17, 15) is 8.78 Å². The van der Waals surface area contributed by atoms with E-state index in [2.05, 4.69) is 30.1 Å². The van der Waals surface area contributed by atoms with Gasteiger partial charge in [-0.2, -0.15) is 5.10 Å². The van der Waals surface area contributed by atoms with Gasteiger partial charge < -0.3 is 10.2 Å². The van der Waals surface area contributed by atoms with E-state index in [1.807, 2.05) is 4.68 Å². The summed E-state index contributed by atoms with van der Waals surface area (Å²) in [5.74, 6) is -1.58. The van der Waals surface area contributed by atoms with Gasteiger partial charge in [0.2, 0.25) is 0 Å². The lowest BCUT2D eigenvalue weighted by Gasteiger charge is -2.27. The van der Waals surface area contributed by atoms with Gasteiger partial charge in [0.15, 0.2) is 5.82 Å². The van der Waals surface area contributed by atoms with Gasteiger partial charge >= 0.3 is 0 Å². The quantitative estimate of drug-likeness (QED) is 0.929. The molecule has 0 unspecified atom stereocenters. The van der Waals surface area contributed by atoms with Crippen LogP contribution in [0.1, 0.15) is 37.9 Å². The van der Waals surface area contributed by atoms with E-state index in [0.29, 0.717) is 5.92 Å². The van der Waals surface area contributed by atoms with Crippen molar-refractivity contribution in [2.24, 2.45) is 0 Å². The van der Waals surface area contributed by atoms with Gasteiger partial charge in [-0.05, 0) is 18.1 Å². The van der Waals surface area contributed by atoms with Crippen LogP contribution in [0.25, 0.3) is 5.69 Å². The topological polar surface area (TPSA) is 33.1 Å². The molecule has 0 aliphatic carbocycles. The van der Waals surface area contributed by atoms with Crippen LogP contribution in [0.5, 0.6) is 0 Å². The summed E-state index contributed by atoms with van der Waals surface area (Å²) in [6.45, 7) is 8.89. The van der Waals surface area contributed by atoms with Crippen LogP contribution in [0.4, 0.5) is 14.6 Å². The zero-order valence-corrected chi connectivity index (χ0v) is 14.4. The maximum absolute atomic E-state index is 13.4. The highest BCUT2D eigenvalue weighted by molar-refractivity contribution is 5.46. The molecule has 1 fully saturated rings. The zero-order chi connectivity index (χ0) is 17.3. The molecular weight excluding hydrogens is 310 g/mol. The predicted molar refractivity (Wildman–Crippen MR) is 92.3 cm³/mol. The number of piperazine rings is 1. The summed E-state index contributed by atoms with van der Waals surface area (Å²) in [4.78, 5) is 2.26. The maximum Gasteiger partial charge on any atom is 0.270 e. The molecule has 1 aromatic carbocycles. The van der Waals surface area contributed by atoms with Crippen molar-refractivity contribution < 1.29 is 8.78 Å². The van der Waals surface area contributed by atoms with Crippen LogP contribution in [0, 0.1) is 0 Å². The monoisotopic (exact) mass is 334 g/mol. The number of nitrogens with zero attached hydrogens (tertiary/aromatic N) is 3. The minimum absolute atomic E-state index is 0.0202. The second-order valence-corrected chi connectivity index (χ2v) is 6.67. The van der Waals surface area contributed by atoms with Crippen LogP contribution in [0.15, 0.2) is 30.3 Å². The average Bonchev–Trinajstić information content (AvgIpc) is 3.00. The molecule has 3 rings (SSSR count). The third-order valence-electron chi connectivity index (χ3n) is 4.38. The van der Waals surface area contributed by atoms with E-state index in [4.69, 9.17) is 5.10 Å². The van der Waals surface area contributed by atoms with Crippen LogP contribution >= 0.6 is 0 Å². The van der Waals surface area contributed by atoms with E-state index >= 15 is 0 Å². The summed E-state index contributed by atoms with van der Waals surface area (Å²) in [5, 5.41) is 8.08. The average molecular weight is 334 g/mol. The molecule has 1 N–H and O–H groups in total. The molecule has 2 heterocycles. The Morgan fingerprint density at radius 2 is 1.75 bits per heavy atom. The number of anilines is 1. The van der Waals surface area contributed by atoms with Crippen molar-refractivity contribution in [1.29, 1.82) is 0 Å². The maximum atomic E-state index is 13.4. The first kappa shape index (κ1) is 16.9. The summed E-state index contributed by atoms with van der Waals surface area (Å²) in [6.07, 6.45) is 0. The Hall–Kier alpha value is -1.95. The Morgan fingerprint density at radius 1 is 1.12 bits per heavy atom. The minimum atomic E-state index is -2.82. The van der Waals surface area contributed by atoms with E-state index in [0.717, 1.165) is 50.3 Å². The highest BCUT2D eigenvalue weighted by atomic mass is 19.3. The molecule has 0 bridgehead atoms. The number of hydrogen-bond donors (Lipinski definition) is 1. The van der Waals surface area contributed by atoms with Crippen molar-refractivity contribution in [3.8, 4) is 5.69 Å². The zero-order valence-electron chi connectivity index (χ0n) is 14.4. The molecule has 0 radical (unpaired) electrons. The number of halogens is 2. The molecule has 24 heavy (non-hydrogen) atoms. The summed E-state index contributed by atoms with van der Waals surface area (Å²) < 4.78 is 28.7. The largest absolute Gasteiger partial charge is 0.353 e. The first-order chi connectivity index (χ1) is 11.4. The number of alkyl halides is 2. The minimum Gasteiger partial charge on any atom is -0.353 e. The second kappa shape index (κ2) is 6.51. The molecule has 0 spiro atoms. The van der Waals surface area contributed by atoms with Gasteiger partial charge in [0.05, 0.1) is 5.69 Å². The molecule has 4 nitrogen and oxygen atoms in total. The van der Waals surface area contributed by atoms with Crippen LogP contribution in [0.3, 0.4) is 0 Å². The highest BCUT2D eigenvalue weighted by Gasteiger charge is 2.24. The van der Waals surface area contributed by atoms with E-state index < -0.39 is 5.92 Å². The fourth-order valence-electron chi connectivity index (χ4n) is 2.94.